The fraction of sp³-hybridized carbons (Fsp3) is 0.278. The SMILES string of the molecule is Cc1cnn(CCc2nc3c4sc5nc(C)cc(C)c5c4ncn3n2)c1. The third-order valence-electron chi connectivity index (χ3n) is 4.46. The van der Waals surface area contributed by atoms with Gasteiger partial charge >= 0.3 is 0 Å². The van der Waals surface area contributed by atoms with E-state index in [1.807, 2.05) is 30.9 Å². The van der Waals surface area contributed by atoms with Crippen molar-refractivity contribution in [2.24, 2.45) is 0 Å². The number of nitrogens with zero attached hydrogens (tertiary/aromatic N) is 7. The highest BCUT2D eigenvalue weighted by molar-refractivity contribution is 7.26. The molecule has 5 rings (SSSR count). The Morgan fingerprint density at radius 3 is 2.85 bits per heavy atom. The minimum atomic E-state index is 0.728. The minimum Gasteiger partial charge on any atom is -0.272 e. The first-order valence-electron chi connectivity index (χ1n) is 8.48. The van der Waals surface area contributed by atoms with Gasteiger partial charge in [-0.3, -0.25) is 4.68 Å². The number of pyridine rings is 1. The summed E-state index contributed by atoms with van der Waals surface area (Å²) in [5, 5.41) is 10.0. The molecular formula is C18H17N7S. The lowest BCUT2D eigenvalue weighted by atomic mass is 10.1. The van der Waals surface area contributed by atoms with E-state index in [0.29, 0.717) is 0 Å². The van der Waals surface area contributed by atoms with Crippen molar-refractivity contribution in [3.05, 3.63) is 47.4 Å². The molecule has 0 radical (unpaired) electrons. The second-order valence-electron chi connectivity index (χ2n) is 6.61. The molecule has 0 saturated carbocycles. The number of hydrogen-bond donors (Lipinski definition) is 0. The van der Waals surface area contributed by atoms with Gasteiger partial charge in [-0.15, -0.1) is 16.4 Å². The van der Waals surface area contributed by atoms with E-state index >= 15 is 0 Å². The summed E-state index contributed by atoms with van der Waals surface area (Å²) in [6.45, 7) is 6.92. The molecule has 0 bridgehead atoms. The van der Waals surface area contributed by atoms with E-state index in [4.69, 9.17) is 4.98 Å². The van der Waals surface area contributed by atoms with Gasteiger partial charge in [0.05, 0.1) is 11.7 Å². The maximum atomic E-state index is 4.76. The van der Waals surface area contributed by atoms with Crippen molar-refractivity contribution >= 4 is 37.4 Å². The molecule has 0 fully saturated rings. The van der Waals surface area contributed by atoms with Gasteiger partial charge in [-0.25, -0.2) is 19.5 Å². The summed E-state index contributed by atoms with van der Waals surface area (Å²) in [6.07, 6.45) is 6.36. The Hall–Kier alpha value is -2.87. The normalized spacial score (nSPS) is 12.0. The summed E-state index contributed by atoms with van der Waals surface area (Å²) in [5.41, 5.74) is 5.19. The fourth-order valence-electron chi connectivity index (χ4n) is 3.32. The monoisotopic (exact) mass is 363 g/mol. The number of thiophene rings is 1. The first-order chi connectivity index (χ1) is 12.6. The van der Waals surface area contributed by atoms with Crippen LogP contribution in [0.25, 0.3) is 26.1 Å². The molecule has 0 N–H and O–H groups in total. The molecule has 130 valence electrons. The molecule has 0 aliphatic heterocycles. The summed E-state index contributed by atoms with van der Waals surface area (Å²) in [4.78, 5) is 15.1. The van der Waals surface area contributed by atoms with Crippen LogP contribution in [0.15, 0.2) is 24.8 Å². The van der Waals surface area contributed by atoms with Gasteiger partial charge in [0.1, 0.15) is 15.9 Å². The summed E-state index contributed by atoms with van der Waals surface area (Å²) < 4.78 is 4.73. The molecule has 0 saturated heterocycles. The van der Waals surface area contributed by atoms with Crippen LogP contribution in [0.2, 0.25) is 0 Å². The lowest BCUT2D eigenvalue weighted by molar-refractivity contribution is 0.599. The Bertz CT molecular complexity index is 1280. The molecule has 0 aromatic carbocycles. The van der Waals surface area contributed by atoms with Crippen LogP contribution < -0.4 is 0 Å². The third kappa shape index (κ3) is 2.37. The molecule has 7 nitrogen and oxygen atoms in total. The zero-order chi connectivity index (χ0) is 17.8. The molecule has 8 heteroatoms. The van der Waals surface area contributed by atoms with E-state index in [1.54, 1.807) is 22.2 Å². The van der Waals surface area contributed by atoms with Crippen LogP contribution in [0, 0.1) is 20.8 Å². The van der Waals surface area contributed by atoms with Gasteiger partial charge in [0, 0.05) is 30.2 Å². The lowest BCUT2D eigenvalue weighted by Gasteiger charge is -1.98. The van der Waals surface area contributed by atoms with Crippen LogP contribution in [0.5, 0.6) is 0 Å². The van der Waals surface area contributed by atoms with Gasteiger partial charge in [0.25, 0.3) is 0 Å². The number of aryl methyl sites for hydroxylation is 5. The Morgan fingerprint density at radius 2 is 2.04 bits per heavy atom. The highest BCUT2D eigenvalue weighted by atomic mass is 32.1. The highest BCUT2D eigenvalue weighted by Gasteiger charge is 2.16. The fourth-order valence-corrected chi connectivity index (χ4v) is 4.55. The summed E-state index contributed by atoms with van der Waals surface area (Å²) in [6, 6.07) is 2.10. The van der Waals surface area contributed by atoms with Crippen LogP contribution in [0.1, 0.15) is 22.6 Å². The molecule has 0 aliphatic rings. The molecule has 0 amide bonds. The topological polar surface area (TPSA) is 73.8 Å². The molecule has 0 spiro atoms. The molecular weight excluding hydrogens is 346 g/mol. The second-order valence-corrected chi connectivity index (χ2v) is 7.61. The average molecular weight is 363 g/mol. The molecule has 5 aromatic rings. The Balaban J connectivity index is 1.61. The zero-order valence-electron chi connectivity index (χ0n) is 14.8. The number of fused-ring (bicyclic) bond motifs is 5. The van der Waals surface area contributed by atoms with Crippen LogP contribution in [-0.2, 0) is 13.0 Å². The van der Waals surface area contributed by atoms with E-state index in [9.17, 15) is 0 Å². The van der Waals surface area contributed by atoms with Crippen molar-refractivity contribution in [3.8, 4) is 0 Å². The minimum absolute atomic E-state index is 0.728. The molecule has 5 heterocycles. The molecule has 0 unspecified atom stereocenters. The number of rotatable bonds is 3. The molecule has 0 aliphatic carbocycles. The Kier molecular flexibility index (Phi) is 3.30. The van der Waals surface area contributed by atoms with Gasteiger partial charge < -0.3 is 0 Å². The highest BCUT2D eigenvalue weighted by Crippen LogP contribution is 2.35. The zero-order valence-corrected chi connectivity index (χ0v) is 15.6. The Labute approximate surface area is 153 Å². The summed E-state index contributed by atoms with van der Waals surface area (Å²) >= 11 is 1.64. The third-order valence-corrected chi connectivity index (χ3v) is 5.53. The van der Waals surface area contributed by atoms with Crippen molar-refractivity contribution in [2.75, 3.05) is 0 Å². The van der Waals surface area contributed by atoms with E-state index in [1.165, 1.54) is 5.56 Å². The van der Waals surface area contributed by atoms with Gasteiger partial charge in [-0.05, 0) is 38.0 Å². The molecule has 26 heavy (non-hydrogen) atoms. The van der Waals surface area contributed by atoms with Crippen molar-refractivity contribution < 1.29 is 0 Å². The smallest absolute Gasteiger partial charge is 0.176 e. The summed E-state index contributed by atoms with van der Waals surface area (Å²) in [7, 11) is 0. The van der Waals surface area contributed by atoms with E-state index in [2.05, 4.69) is 33.2 Å². The predicted octanol–water partition coefficient (Wildman–Crippen LogP) is 3.25. The standard InChI is InChI=1S/C18H17N7S/c1-10-7-20-24(8-10)5-4-13-22-17-16-15(19-9-25(17)23-13)14-11(2)6-12(3)21-18(14)26-16/h6-9H,4-5H2,1-3H3. The van der Waals surface area contributed by atoms with Gasteiger partial charge in [-0.1, -0.05) is 0 Å². The predicted molar refractivity (Wildman–Crippen MR) is 102 cm³/mol. The molecule has 5 aromatic heterocycles. The van der Waals surface area contributed by atoms with E-state index in [-0.39, 0.29) is 0 Å². The van der Waals surface area contributed by atoms with E-state index < -0.39 is 0 Å². The van der Waals surface area contributed by atoms with Crippen LogP contribution >= 0.6 is 11.3 Å². The van der Waals surface area contributed by atoms with Crippen LogP contribution in [-0.4, -0.2) is 34.3 Å². The van der Waals surface area contributed by atoms with Gasteiger partial charge in [-0.2, -0.15) is 5.10 Å². The Morgan fingerprint density at radius 1 is 1.15 bits per heavy atom. The first kappa shape index (κ1) is 15.4. The summed E-state index contributed by atoms with van der Waals surface area (Å²) in [5.74, 6) is 0.797. The van der Waals surface area contributed by atoms with Gasteiger partial charge in [0.2, 0.25) is 0 Å². The second kappa shape index (κ2) is 5.57. The first-order valence-corrected chi connectivity index (χ1v) is 9.30. The lowest BCUT2D eigenvalue weighted by Crippen LogP contribution is -2.03. The number of aromatic nitrogens is 7. The molecule has 0 atom stereocenters. The quantitative estimate of drug-likeness (QED) is 0.492. The van der Waals surface area contributed by atoms with Gasteiger partial charge in [0.15, 0.2) is 11.5 Å². The van der Waals surface area contributed by atoms with Crippen molar-refractivity contribution in [1.29, 1.82) is 0 Å². The van der Waals surface area contributed by atoms with Crippen molar-refractivity contribution in [2.45, 2.75) is 33.7 Å². The van der Waals surface area contributed by atoms with Crippen LogP contribution in [0.3, 0.4) is 0 Å². The maximum absolute atomic E-state index is 4.76. The van der Waals surface area contributed by atoms with Crippen molar-refractivity contribution in [3.63, 3.8) is 0 Å². The largest absolute Gasteiger partial charge is 0.272 e. The maximum Gasteiger partial charge on any atom is 0.176 e. The van der Waals surface area contributed by atoms with Crippen molar-refractivity contribution in [1.82, 2.24) is 34.3 Å². The number of hydrogen-bond acceptors (Lipinski definition) is 6. The average Bonchev–Trinajstić information content (AvgIpc) is 3.27. The van der Waals surface area contributed by atoms with E-state index in [0.717, 1.165) is 56.1 Å². The van der Waals surface area contributed by atoms with Crippen LogP contribution in [0.4, 0.5) is 0 Å².